The van der Waals surface area contributed by atoms with Crippen molar-refractivity contribution in [3.63, 3.8) is 0 Å². The van der Waals surface area contributed by atoms with Crippen LogP contribution in [0, 0.1) is 35.0 Å². The van der Waals surface area contributed by atoms with Crippen molar-refractivity contribution >= 4 is 0 Å². The molecule has 2 heteroatoms. The Morgan fingerprint density at radius 3 is 2.59 bits per heavy atom. The number of rotatable bonds is 1. The molecule has 0 aliphatic heterocycles. The molecule has 1 unspecified atom stereocenters. The van der Waals surface area contributed by atoms with Gasteiger partial charge in [0.2, 0.25) is 0 Å². The Morgan fingerprint density at radius 2 is 1.95 bits per heavy atom. The third kappa shape index (κ3) is 2.47. The summed E-state index contributed by atoms with van der Waals surface area (Å²) >= 11 is 0. The van der Waals surface area contributed by atoms with Crippen molar-refractivity contribution in [1.29, 1.82) is 0 Å². The van der Waals surface area contributed by atoms with E-state index in [-0.39, 0.29) is 17.4 Å². The molecule has 0 radical (unpaired) electrons. The summed E-state index contributed by atoms with van der Waals surface area (Å²) in [7, 11) is 0. The lowest BCUT2D eigenvalue weighted by atomic mass is 9.64. The van der Waals surface area contributed by atoms with E-state index in [0.717, 1.165) is 12.8 Å². The summed E-state index contributed by atoms with van der Waals surface area (Å²) in [5.74, 6) is 2.36. The maximum Gasteiger partial charge on any atom is 0.0709 e. The Morgan fingerprint density at radius 1 is 1.27 bits per heavy atom. The molecule has 3 aliphatic rings. The first-order valence-corrected chi connectivity index (χ1v) is 9.27. The highest BCUT2D eigenvalue weighted by Crippen LogP contribution is 2.58. The molecule has 0 aromatic rings. The van der Waals surface area contributed by atoms with E-state index in [9.17, 15) is 10.2 Å². The molecule has 3 rings (SSSR count). The van der Waals surface area contributed by atoms with Crippen molar-refractivity contribution in [2.24, 2.45) is 35.0 Å². The van der Waals surface area contributed by atoms with Crippen molar-refractivity contribution in [2.45, 2.75) is 78.4 Å². The van der Waals surface area contributed by atoms with Gasteiger partial charge in [0, 0.05) is 5.92 Å². The van der Waals surface area contributed by atoms with Gasteiger partial charge in [-0.1, -0.05) is 39.3 Å². The number of fused-ring (bicyclic) bond motifs is 2. The van der Waals surface area contributed by atoms with Crippen LogP contribution >= 0.6 is 0 Å². The van der Waals surface area contributed by atoms with Gasteiger partial charge in [0.1, 0.15) is 0 Å². The molecule has 0 spiro atoms. The lowest BCUT2D eigenvalue weighted by Gasteiger charge is -2.43. The van der Waals surface area contributed by atoms with E-state index in [1.807, 2.05) is 6.92 Å². The topological polar surface area (TPSA) is 40.5 Å². The van der Waals surface area contributed by atoms with Gasteiger partial charge in [0.05, 0.1) is 11.7 Å². The zero-order valence-electron chi connectivity index (χ0n) is 15.0. The first kappa shape index (κ1) is 16.5. The van der Waals surface area contributed by atoms with Crippen molar-refractivity contribution in [3.05, 3.63) is 11.6 Å². The van der Waals surface area contributed by atoms with Crippen LogP contribution in [0.3, 0.4) is 0 Å². The second-order valence-electron chi connectivity index (χ2n) is 9.34. The number of hydrogen-bond donors (Lipinski definition) is 2. The molecule has 0 amide bonds. The molecule has 2 fully saturated rings. The van der Waals surface area contributed by atoms with Gasteiger partial charge in [0.25, 0.3) is 0 Å². The Balaban J connectivity index is 2.01. The minimum Gasteiger partial charge on any atom is -0.393 e. The minimum atomic E-state index is -0.771. The molecule has 0 aromatic carbocycles. The standard InChI is InChI=1S/C20H34O2/c1-12(2)14-6-8-19(4)11-15-13(3)10-17(21)18(15)20(5,22)9-7-16(14)19/h7,12-15,17-18,21-22H,6,8-11H2,1-5H3/b16-7-/t13-,14-,15-,17-,18+,19-,20?/m1/s1. The molecule has 7 atom stereocenters. The van der Waals surface area contributed by atoms with E-state index in [4.69, 9.17) is 0 Å². The van der Waals surface area contributed by atoms with Crippen molar-refractivity contribution in [3.8, 4) is 0 Å². The van der Waals surface area contributed by atoms with Crippen LogP contribution in [0.1, 0.15) is 66.7 Å². The molecule has 0 heterocycles. The molecule has 2 nitrogen and oxygen atoms in total. The highest BCUT2D eigenvalue weighted by atomic mass is 16.3. The van der Waals surface area contributed by atoms with E-state index in [1.54, 1.807) is 5.57 Å². The normalized spacial score (nSPS) is 54.4. The van der Waals surface area contributed by atoms with E-state index < -0.39 is 5.60 Å². The van der Waals surface area contributed by atoms with Gasteiger partial charge in [0.15, 0.2) is 0 Å². The zero-order chi connectivity index (χ0) is 16.3. The maximum absolute atomic E-state index is 11.1. The molecule has 0 saturated heterocycles. The average Bonchev–Trinajstić information content (AvgIpc) is 2.84. The first-order chi connectivity index (χ1) is 10.2. The molecule has 22 heavy (non-hydrogen) atoms. The fraction of sp³-hybridized carbons (Fsp3) is 0.900. The summed E-state index contributed by atoms with van der Waals surface area (Å²) in [6.45, 7) is 11.3. The third-order valence-electron chi connectivity index (χ3n) is 7.27. The highest BCUT2D eigenvalue weighted by molar-refractivity contribution is 5.25. The van der Waals surface area contributed by atoms with Gasteiger partial charge < -0.3 is 10.2 Å². The van der Waals surface area contributed by atoms with Crippen LogP contribution < -0.4 is 0 Å². The third-order valence-corrected chi connectivity index (χ3v) is 7.27. The smallest absolute Gasteiger partial charge is 0.0709 e. The van der Waals surface area contributed by atoms with Crippen molar-refractivity contribution < 1.29 is 10.2 Å². The van der Waals surface area contributed by atoms with E-state index in [0.29, 0.717) is 30.1 Å². The quantitative estimate of drug-likeness (QED) is 0.714. The van der Waals surface area contributed by atoms with Gasteiger partial charge in [-0.05, 0) is 68.1 Å². The van der Waals surface area contributed by atoms with E-state index in [2.05, 4.69) is 33.8 Å². The number of allylic oxidation sites excluding steroid dienone is 1. The van der Waals surface area contributed by atoms with Gasteiger partial charge >= 0.3 is 0 Å². The molecular formula is C20H34O2. The summed E-state index contributed by atoms with van der Waals surface area (Å²) < 4.78 is 0. The molecule has 0 bridgehead atoms. The maximum atomic E-state index is 11.1. The molecule has 3 aliphatic carbocycles. The summed E-state index contributed by atoms with van der Waals surface area (Å²) in [4.78, 5) is 0. The van der Waals surface area contributed by atoms with Crippen LogP contribution in [-0.2, 0) is 0 Å². The molecular weight excluding hydrogens is 272 g/mol. The molecule has 126 valence electrons. The van der Waals surface area contributed by atoms with Gasteiger partial charge in [-0.2, -0.15) is 0 Å². The lowest BCUT2D eigenvalue weighted by Crippen LogP contribution is -2.45. The number of aliphatic hydroxyl groups is 2. The Kier molecular flexibility index (Phi) is 4.01. The van der Waals surface area contributed by atoms with Crippen LogP contribution in [0.4, 0.5) is 0 Å². The van der Waals surface area contributed by atoms with Crippen LogP contribution in [-0.4, -0.2) is 21.9 Å². The summed E-state index contributed by atoms with van der Waals surface area (Å²) in [6, 6.07) is 0. The SMILES string of the molecule is CC(C)[C@H]1CC[C@]2(C)C[C@H]3[C@@H]([C@H](O)C[C@H]3C)C(C)(O)C/C=C/12. The van der Waals surface area contributed by atoms with Crippen LogP contribution in [0.15, 0.2) is 11.6 Å². The van der Waals surface area contributed by atoms with Gasteiger partial charge in [-0.25, -0.2) is 0 Å². The fourth-order valence-corrected chi connectivity index (χ4v) is 6.05. The van der Waals surface area contributed by atoms with Crippen molar-refractivity contribution in [1.82, 2.24) is 0 Å². The Labute approximate surface area is 136 Å². The minimum absolute atomic E-state index is 0.0372. The van der Waals surface area contributed by atoms with Crippen molar-refractivity contribution in [2.75, 3.05) is 0 Å². The summed E-state index contributed by atoms with van der Waals surface area (Å²) in [6.07, 6.45) is 7.27. The summed E-state index contributed by atoms with van der Waals surface area (Å²) in [5.41, 5.74) is 1.12. The van der Waals surface area contributed by atoms with Crippen LogP contribution in [0.25, 0.3) is 0 Å². The zero-order valence-corrected chi connectivity index (χ0v) is 15.0. The molecule has 2 N–H and O–H groups in total. The van der Waals surface area contributed by atoms with E-state index in [1.165, 1.54) is 12.8 Å². The van der Waals surface area contributed by atoms with Crippen LogP contribution in [0.2, 0.25) is 0 Å². The monoisotopic (exact) mass is 306 g/mol. The van der Waals surface area contributed by atoms with Gasteiger partial charge in [-0.15, -0.1) is 0 Å². The molecule has 2 saturated carbocycles. The van der Waals surface area contributed by atoms with Gasteiger partial charge in [-0.3, -0.25) is 0 Å². The Bertz CT molecular complexity index is 464. The van der Waals surface area contributed by atoms with Crippen LogP contribution in [0.5, 0.6) is 0 Å². The highest BCUT2D eigenvalue weighted by Gasteiger charge is 2.54. The second-order valence-corrected chi connectivity index (χ2v) is 9.34. The average molecular weight is 306 g/mol. The first-order valence-electron chi connectivity index (χ1n) is 9.27. The predicted octanol–water partition coefficient (Wildman–Crippen LogP) is 4.16. The second kappa shape index (κ2) is 5.34. The Hall–Kier alpha value is -0.340. The lowest BCUT2D eigenvalue weighted by molar-refractivity contribution is -0.0695. The number of aliphatic hydroxyl groups excluding tert-OH is 1. The summed E-state index contributed by atoms with van der Waals surface area (Å²) in [5, 5.41) is 21.6. The van der Waals surface area contributed by atoms with E-state index >= 15 is 0 Å². The largest absolute Gasteiger partial charge is 0.393 e. The molecule has 0 aromatic heterocycles. The number of hydrogen-bond acceptors (Lipinski definition) is 2. The predicted molar refractivity (Wildman–Crippen MR) is 90.4 cm³/mol. The fourth-order valence-electron chi connectivity index (χ4n) is 6.05.